The molecule has 5 rings (SSSR count). The number of fused-ring (bicyclic) bond motifs is 1. The van der Waals surface area contributed by atoms with Gasteiger partial charge in [0.25, 0.3) is 11.1 Å². The number of nitrogens with one attached hydrogen (secondary N) is 1. The van der Waals surface area contributed by atoms with Gasteiger partial charge in [-0.15, -0.1) is 0 Å². The fraction of sp³-hybridized carbons (Fsp3) is 0.0800. The average Bonchev–Trinajstić information content (AvgIpc) is 3.16. The minimum absolute atomic E-state index is 0.0972. The van der Waals surface area contributed by atoms with Crippen LogP contribution in [0.25, 0.3) is 27.8 Å². The largest absolute Gasteiger partial charge is 0.497 e. The van der Waals surface area contributed by atoms with Gasteiger partial charge in [0.05, 0.1) is 41.0 Å². The number of rotatable bonds is 5. The Kier molecular flexibility index (Phi) is 5.51. The van der Waals surface area contributed by atoms with Crippen LogP contribution >= 0.6 is 11.6 Å². The number of hydrogen-bond donors (Lipinski definition) is 1. The Morgan fingerprint density at radius 1 is 1.06 bits per heavy atom. The summed E-state index contributed by atoms with van der Waals surface area (Å²) in [6.45, 7) is 0.120. The highest BCUT2D eigenvalue weighted by Crippen LogP contribution is 2.31. The molecule has 0 aliphatic rings. The van der Waals surface area contributed by atoms with Crippen LogP contribution in [0, 0.1) is 5.82 Å². The lowest BCUT2D eigenvalue weighted by Crippen LogP contribution is -2.24. The number of H-pyrrole nitrogens is 1. The van der Waals surface area contributed by atoms with E-state index in [4.69, 9.17) is 16.3 Å². The van der Waals surface area contributed by atoms with E-state index >= 15 is 4.39 Å². The lowest BCUT2D eigenvalue weighted by Gasteiger charge is -2.15. The van der Waals surface area contributed by atoms with Crippen molar-refractivity contribution in [1.82, 2.24) is 19.3 Å². The number of pyridine rings is 2. The van der Waals surface area contributed by atoms with E-state index in [9.17, 15) is 9.59 Å². The summed E-state index contributed by atoms with van der Waals surface area (Å²) < 4.78 is 23.0. The molecule has 0 amide bonds. The molecule has 0 aliphatic carbocycles. The maximum atomic E-state index is 15.3. The van der Waals surface area contributed by atoms with Crippen molar-refractivity contribution < 1.29 is 9.13 Å². The Bertz CT molecular complexity index is 1640. The molecule has 0 fully saturated rings. The van der Waals surface area contributed by atoms with Crippen molar-refractivity contribution in [2.75, 3.05) is 7.11 Å². The van der Waals surface area contributed by atoms with Gasteiger partial charge in [-0.1, -0.05) is 23.7 Å². The van der Waals surface area contributed by atoms with Crippen molar-refractivity contribution in [3.05, 3.63) is 110 Å². The highest BCUT2D eigenvalue weighted by atomic mass is 35.5. The molecule has 0 spiro atoms. The number of hydrogen-bond acceptors (Lipinski definition) is 4. The van der Waals surface area contributed by atoms with Crippen LogP contribution in [0.5, 0.6) is 5.75 Å². The molecule has 5 aromatic rings. The standard InChI is InChI=1S/C25H18ClFN4O3/c1-34-16-6-7-17(19(27)12-16)24-23-20(13-22(32)30(24)14-15-8-10-28-11-9-15)29-31(25(23)33)21-5-3-2-4-18(21)26/h2-13,29H,14H2,1H3. The first-order chi connectivity index (χ1) is 16.5. The number of methoxy groups -OCH3 is 1. The molecule has 0 saturated heterocycles. The molecule has 9 heteroatoms. The zero-order valence-corrected chi connectivity index (χ0v) is 18.7. The van der Waals surface area contributed by atoms with Crippen molar-refractivity contribution in [2.24, 2.45) is 0 Å². The predicted molar refractivity (Wildman–Crippen MR) is 128 cm³/mol. The molecule has 0 saturated carbocycles. The minimum Gasteiger partial charge on any atom is -0.497 e. The molecule has 3 heterocycles. The highest BCUT2D eigenvalue weighted by Gasteiger charge is 2.22. The molecule has 7 nitrogen and oxygen atoms in total. The topological polar surface area (TPSA) is 81.9 Å². The van der Waals surface area contributed by atoms with Gasteiger partial charge >= 0.3 is 0 Å². The summed E-state index contributed by atoms with van der Waals surface area (Å²) in [6, 6.07) is 16.0. The molecule has 0 bridgehead atoms. The van der Waals surface area contributed by atoms with E-state index < -0.39 is 16.9 Å². The van der Waals surface area contributed by atoms with Gasteiger partial charge in [0, 0.05) is 30.1 Å². The predicted octanol–water partition coefficient (Wildman–Crippen LogP) is 4.39. The summed E-state index contributed by atoms with van der Waals surface area (Å²) in [6.07, 6.45) is 3.21. The van der Waals surface area contributed by atoms with E-state index in [1.165, 1.54) is 34.6 Å². The number of para-hydroxylation sites is 1. The van der Waals surface area contributed by atoms with Gasteiger partial charge in [-0.25, -0.2) is 9.07 Å². The third-order valence-corrected chi connectivity index (χ3v) is 5.89. The second-order valence-electron chi connectivity index (χ2n) is 7.61. The second-order valence-corrected chi connectivity index (χ2v) is 8.02. The normalized spacial score (nSPS) is 11.1. The zero-order valence-electron chi connectivity index (χ0n) is 18.0. The first-order valence-corrected chi connectivity index (χ1v) is 10.7. The van der Waals surface area contributed by atoms with Crippen molar-refractivity contribution in [2.45, 2.75) is 6.54 Å². The van der Waals surface area contributed by atoms with Crippen LogP contribution in [0.15, 0.2) is 82.6 Å². The average molecular weight is 477 g/mol. The van der Waals surface area contributed by atoms with Crippen LogP contribution in [0.1, 0.15) is 5.56 Å². The van der Waals surface area contributed by atoms with E-state index in [1.807, 2.05) is 0 Å². The molecule has 0 aliphatic heterocycles. The summed E-state index contributed by atoms with van der Waals surface area (Å²) in [4.78, 5) is 30.9. The third kappa shape index (κ3) is 3.68. The first-order valence-electron chi connectivity index (χ1n) is 10.3. The van der Waals surface area contributed by atoms with Gasteiger partial charge in [-0.2, -0.15) is 0 Å². The number of aromatic amines is 1. The second kappa shape index (κ2) is 8.64. The molecule has 34 heavy (non-hydrogen) atoms. The smallest absolute Gasteiger partial charge is 0.281 e. The van der Waals surface area contributed by atoms with Crippen molar-refractivity contribution in [1.29, 1.82) is 0 Å². The number of aromatic nitrogens is 4. The maximum Gasteiger partial charge on any atom is 0.281 e. The molecule has 1 N–H and O–H groups in total. The van der Waals surface area contributed by atoms with Crippen molar-refractivity contribution in [3.63, 3.8) is 0 Å². The Balaban J connectivity index is 1.86. The summed E-state index contributed by atoms with van der Waals surface area (Å²) in [5.74, 6) is -0.307. The molecule has 170 valence electrons. The summed E-state index contributed by atoms with van der Waals surface area (Å²) in [5.41, 5.74) is 0.852. The Morgan fingerprint density at radius 3 is 2.53 bits per heavy atom. The Hall–Kier alpha value is -4.17. The molecular formula is C25H18ClFN4O3. The lowest BCUT2D eigenvalue weighted by atomic mass is 10.1. The van der Waals surface area contributed by atoms with Gasteiger partial charge in [0.15, 0.2) is 0 Å². The van der Waals surface area contributed by atoms with Gasteiger partial charge in [0.1, 0.15) is 11.6 Å². The van der Waals surface area contributed by atoms with Crippen LogP contribution in [0.3, 0.4) is 0 Å². The fourth-order valence-electron chi connectivity index (χ4n) is 3.96. The molecular weight excluding hydrogens is 459 g/mol. The Labute approximate surface area is 197 Å². The number of nitrogens with zero attached hydrogens (tertiary/aromatic N) is 3. The van der Waals surface area contributed by atoms with Crippen molar-refractivity contribution >= 4 is 22.5 Å². The number of halogens is 2. The summed E-state index contributed by atoms with van der Waals surface area (Å²) in [7, 11) is 1.43. The fourth-order valence-corrected chi connectivity index (χ4v) is 4.18. The number of benzene rings is 2. The molecule has 2 aromatic carbocycles. The van der Waals surface area contributed by atoms with Gasteiger partial charge in [-0.05, 0) is 42.0 Å². The molecule has 0 atom stereocenters. The minimum atomic E-state index is -0.625. The quantitative estimate of drug-likeness (QED) is 0.408. The molecule has 3 aromatic heterocycles. The van der Waals surface area contributed by atoms with E-state index in [1.54, 1.807) is 54.9 Å². The van der Waals surface area contributed by atoms with Gasteiger partial charge in [-0.3, -0.25) is 19.7 Å². The zero-order chi connectivity index (χ0) is 23.8. The summed E-state index contributed by atoms with van der Waals surface area (Å²) >= 11 is 6.32. The lowest BCUT2D eigenvalue weighted by molar-refractivity contribution is 0.411. The Morgan fingerprint density at radius 2 is 1.82 bits per heavy atom. The van der Waals surface area contributed by atoms with Crippen LogP contribution in [0.2, 0.25) is 5.02 Å². The maximum absolute atomic E-state index is 15.3. The van der Waals surface area contributed by atoms with E-state index in [-0.39, 0.29) is 28.7 Å². The summed E-state index contributed by atoms with van der Waals surface area (Å²) in [5, 5.41) is 3.47. The van der Waals surface area contributed by atoms with Gasteiger partial charge < -0.3 is 9.30 Å². The highest BCUT2D eigenvalue weighted by molar-refractivity contribution is 6.32. The first kappa shape index (κ1) is 21.7. The van der Waals surface area contributed by atoms with E-state index in [0.717, 1.165) is 5.56 Å². The third-order valence-electron chi connectivity index (χ3n) is 5.57. The molecule has 0 unspecified atom stereocenters. The van der Waals surface area contributed by atoms with E-state index in [2.05, 4.69) is 10.1 Å². The van der Waals surface area contributed by atoms with Crippen LogP contribution < -0.4 is 15.9 Å². The SMILES string of the molecule is COc1ccc(-c2c3c(=O)n(-c4ccccc4Cl)[nH]c3cc(=O)n2Cc2ccncc2)c(F)c1. The van der Waals surface area contributed by atoms with Gasteiger partial charge in [0.2, 0.25) is 0 Å². The van der Waals surface area contributed by atoms with Crippen LogP contribution in [0.4, 0.5) is 4.39 Å². The van der Waals surface area contributed by atoms with E-state index in [0.29, 0.717) is 16.5 Å². The monoisotopic (exact) mass is 476 g/mol. The number of ether oxygens (including phenoxy) is 1. The molecule has 0 radical (unpaired) electrons. The van der Waals surface area contributed by atoms with Crippen molar-refractivity contribution in [3.8, 4) is 22.7 Å². The van der Waals surface area contributed by atoms with Crippen LogP contribution in [-0.2, 0) is 6.54 Å². The van der Waals surface area contributed by atoms with Crippen LogP contribution in [-0.4, -0.2) is 26.4 Å².